The van der Waals surface area contributed by atoms with Crippen LogP contribution in [0, 0.1) is 10.1 Å². The van der Waals surface area contributed by atoms with Gasteiger partial charge in [0.25, 0.3) is 11.6 Å². The molecule has 0 saturated carbocycles. The van der Waals surface area contributed by atoms with Crippen LogP contribution in [0.15, 0.2) is 42.7 Å². The van der Waals surface area contributed by atoms with Gasteiger partial charge in [0.15, 0.2) is 5.65 Å². The Morgan fingerprint density at radius 3 is 2.76 bits per heavy atom. The van der Waals surface area contributed by atoms with Gasteiger partial charge in [-0.3, -0.25) is 25.8 Å². The lowest BCUT2D eigenvalue weighted by atomic mass is 10.2. The highest BCUT2D eigenvalue weighted by Gasteiger charge is 2.15. The Morgan fingerprint density at radius 2 is 2.04 bits per heavy atom. The highest BCUT2D eigenvalue weighted by atomic mass is 16.6. The monoisotopic (exact) mass is 340 g/mol. The molecule has 1 amide bonds. The summed E-state index contributed by atoms with van der Waals surface area (Å²) in [4.78, 5) is 27.0. The Bertz CT molecular complexity index is 950. The molecular weight excluding hydrogens is 324 g/mol. The smallest absolute Gasteiger partial charge is 0.292 e. The fourth-order valence-corrected chi connectivity index (χ4v) is 2.38. The summed E-state index contributed by atoms with van der Waals surface area (Å²) in [5.41, 5.74) is 6.10. The molecule has 0 saturated heterocycles. The predicted molar refractivity (Wildman–Crippen MR) is 92.1 cm³/mol. The van der Waals surface area contributed by atoms with E-state index in [1.165, 1.54) is 18.3 Å². The van der Waals surface area contributed by atoms with E-state index in [1.54, 1.807) is 29.1 Å². The minimum atomic E-state index is -0.525. The van der Waals surface area contributed by atoms with Gasteiger partial charge in [0.1, 0.15) is 5.69 Å². The van der Waals surface area contributed by atoms with Crippen molar-refractivity contribution in [1.82, 2.24) is 20.2 Å². The van der Waals surface area contributed by atoms with Crippen LogP contribution >= 0.6 is 0 Å². The number of amides is 1. The van der Waals surface area contributed by atoms with Gasteiger partial charge < -0.3 is 0 Å². The molecule has 0 aliphatic carbocycles. The van der Waals surface area contributed by atoms with Gasteiger partial charge in [0.05, 0.1) is 16.7 Å². The van der Waals surface area contributed by atoms with E-state index in [0.717, 1.165) is 5.39 Å². The average molecular weight is 340 g/mol. The number of carbonyl (C=O) groups excluding carboxylic acids is 1. The largest absolute Gasteiger partial charge is 0.294 e. The third-order valence-corrected chi connectivity index (χ3v) is 3.60. The van der Waals surface area contributed by atoms with Gasteiger partial charge >= 0.3 is 0 Å². The summed E-state index contributed by atoms with van der Waals surface area (Å²) >= 11 is 0. The first kappa shape index (κ1) is 16.4. The van der Waals surface area contributed by atoms with E-state index in [1.807, 2.05) is 13.8 Å². The van der Waals surface area contributed by atoms with E-state index in [2.05, 4.69) is 20.9 Å². The molecule has 2 heterocycles. The highest BCUT2D eigenvalue weighted by Crippen LogP contribution is 2.22. The maximum Gasteiger partial charge on any atom is 0.294 e. The minimum absolute atomic E-state index is 0.130. The zero-order chi connectivity index (χ0) is 18.0. The van der Waals surface area contributed by atoms with Crippen LogP contribution in [0.2, 0.25) is 0 Å². The molecule has 9 nitrogen and oxygen atoms in total. The molecule has 0 spiro atoms. The molecule has 25 heavy (non-hydrogen) atoms. The van der Waals surface area contributed by atoms with E-state index < -0.39 is 10.8 Å². The lowest BCUT2D eigenvalue weighted by Crippen LogP contribution is -2.29. The third kappa shape index (κ3) is 3.25. The minimum Gasteiger partial charge on any atom is -0.292 e. The number of hydrogen-bond donors (Lipinski definition) is 2. The Hall–Kier alpha value is -3.49. The summed E-state index contributed by atoms with van der Waals surface area (Å²) in [6.07, 6.45) is 3.09. The fourth-order valence-electron chi connectivity index (χ4n) is 2.38. The van der Waals surface area contributed by atoms with Crippen molar-refractivity contribution in [3.05, 3.63) is 58.4 Å². The van der Waals surface area contributed by atoms with Crippen molar-refractivity contribution in [2.45, 2.75) is 19.9 Å². The molecular formula is C16H16N6O3. The number of nitrogens with one attached hydrogen (secondary N) is 2. The van der Waals surface area contributed by atoms with E-state index in [9.17, 15) is 14.9 Å². The number of nitro groups is 1. The van der Waals surface area contributed by atoms with Crippen molar-refractivity contribution in [2.75, 3.05) is 5.43 Å². The lowest BCUT2D eigenvalue weighted by molar-refractivity contribution is -0.384. The van der Waals surface area contributed by atoms with Gasteiger partial charge in [-0.25, -0.2) is 9.67 Å². The first-order valence-electron chi connectivity index (χ1n) is 7.60. The Morgan fingerprint density at radius 1 is 1.28 bits per heavy atom. The SMILES string of the molecule is CC(C)n1ncc2cc(C(=O)NNc3ccccc3[N+](=O)[O-])cnc21. The number of carbonyl (C=O) groups is 1. The Balaban J connectivity index is 1.78. The van der Waals surface area contributed by atoms with Crippen molar-refractivity contribution >= 4 is 28.3 Å². The van der Waals surface area contributed by atoms with Crippen LogP contribution in [0.3, 0.4) is 0 Å². The number of hydrogen-bond acceptors (Lipinski definition) is 6. The van der Waals surface area contributed by atoms with Gasteiger partial charge in [-0.15, -0.1) is 0 Å². The van der Waals surface area contributed by atoms with Crippen LogP contribution in [0.1, 0.15) is 30.2 Å². The molecule has 3 aromatic rings. The van der Waals surface area contributed by atoms with Crippen molar-refractivity contribution in [2.24, 2.45) is 0 Å². The molecule has 0 fully saturated rings. The zero-order valence-corrected chi connectivity index (χ0v) is 13.6. The summed E-state index contributed by atoms with van der Waals surface area (Å²) in [6.45, 7) is 3.98. The fraction of sp³-hybridized carbons (Fsp3) is 0.188. The van der Waals surface area contributed by atoms with Gasteiger partial charge in [-0.1, -0.05) is 12.1 Å². The standard InChI is InChI=1S/C16H16N6O3/c1-10(2)21-15-11(9-18-21)7-12(8-17-15)16(23)20-19-13-5-3-4-6-14(13)22(24)25/h3-10,19H,1-2H3,(H,20,23). The second-order valence-corrected chi connectivity index (χ2v) is 5.67. The van der Waals surface area contributed by atoms with Gasteiger partial charge in [0.2, 0.25) is 0 Å². The second kappa shape index (κ2) is 6.56. The number of pyridine rings is 1. The van der Waals surface area contributed by atoms with Crippen LogP contribution in [-0.4, -0.2) is 25.6 Å². The molecule has 0 aliphatic heterocycles. The number of benzene rings is 1. The second-order valence-electron chi connectivity index (χ2n) is 5.67. The van der Waals surface area contributed by atoms with E-state index in [0.29, 0.717) is 11.2 Å². The topological polar surface area (TPSA) is 115 Å². The number of aromatic nitrogens is 3. The van der Waals surface area contributed by atoms with Crippen molar-refractivity contribution in [3.63, 3.8) is 0 Å². The van der Waals surface area contributed by atoms with Gasteiger partial charge in [-0.2, -0.15) is 5.10 Å². The molecule has 1 aromatic carbocycles. The number of para-hydroxylation sites is 2. The number of nitro benzene ring substituents is 1. The van der Waals surface area contributed by atoms with Crippen molar-refractivity contribution in [3.8, 4) is 0 Å². The molecule has 0 radical (unpaired) electrons. The summed E-state index contributed by atoms with van der Waals surface area (Å²) in [6, 6.07) is 7.87. The molecule has 9 heteroatoms. The highest BCUT2D eigenvalue weighted by molar-refractivity contribution is 5.97. The number of nitrogens with zero attached hydrogens (tertiary/aromatic N) is 4. The molecule has 0 atom stereocenters. The average Bonchev–Trinajstić information content (AvgIpc) is 3.03. The lowest BCUT2D eigenvalue weighted by Gasteiger charge is -2.09. The van der Waals surface area contributed by atoms with Crippen LogP contribution in [0.4, 0.5) is 11.4 Å². The number of anilines is 1. The maximum atomic E-state index is 12.3. The Kier molecular flexibility index (Phi) is 4.29. The maximum absolute atomic E-state index is 12.3. The number of hydrazine groups is 1. The van der Waals surface area contributed by atoms with Crippen LogP contribution in [0.25, 0.3) is 11.0 Å². The number of rotatable bonds is 5. The molecule has 128 valence electrons. The summed E-state index contributed by atoms with van der Waals surface area (Å²) in [5.74, 6) is -0.454. The Labute approximate surface area is 142 Å². The zero-order valence-electron chi connectivity index (χ0n) is 13.6. The van der Waals surface area contributed by atoms with Gasteiger partial charge in [-0.05, 0) is 26.0 Å². The molecule has 2 aromatic heterocycles. The first-order chi connectivity index (χ1) is 12.0. The predicted octanol–water partition coefficient (Wildman–Crippen LogP) is 2.68. The summed E-state index contributed by atoms with van der Waals surface area (Å²) < 4.78 is 1.77. The summed E-state index contributed by atoms with van der Waals surface area (Å²) in [5, 5.41) is 16.0. The third-order valence-electron chi connectivity index (χ3n) is 3.60. The first-order valence-corrected chi connectivity index (χ1v) is 7.60. The molecule has 0 aliphatic rings. The molecule has 2 N–H and O–H groups in total. The van der Waals surface area contributed by atoms with Crippen LogP contribution < -0.4 is 10.9 Å². The van der Waals surface area contributed by atoms with E-state index in [-0.39, 0.29) is 17.4 Å². The van der Waals surface area contributed by atoms with E-state index >= 15 is 0 Å². The summed E-state index contributed by atoms with van der Waals surface area (Å²) in [7, 11) is 0. The van der Waals surface area contributed by atoms with E-state index in [4.69, 9.17) is 0 Å². The molecule has 0 bridgehead atoms. The number of fused-ring (bicyclic) bond motifs is 1. The normalized spacial score (nSPS) is 10.8. The van der Waals surface area contributed by atoms with Crippen molar-refractivity contribution in [1.29, 1.82) is 0 Å². The van der Waals surface area contributed by atoms with Crippen LogP contribution in [-0.2, 0) is 0 Å². The molecule has 0 unspecified atom stereocenters. The van der Waals surface area contributed by atoms with Gasteiger partial charge in [0, 0.05) is 23.7 Å². The molecule has 3 rings (SSSR count). The van der Waals surface area contributed by atoms with Crippen LogP contribution in [0.5, 0.6) is 0 Å². The van der Waals surface area contributed by atoms with Crippen molar-refractivity contribution < 1.29 is 9.72 Å². The quantitative estimate of drug-likeness (QED) is 0.545.